The fourth-order valence-corrected chi connectivity index (χ4v) is 4.00. The lowest BCUT2D eigenvalue weighted by Gasteiger charge is -2.44. The van der Waals surface area contributed by atoms with Crippen LogP contribution in [0.5, 0.6) is 0 Å². The van der Waals surface area contributed by atoms with Crippen molar-refractivity contribution in [3.63, 3.8) is 0 Å². The van der Waals surface area contributed by atoms with E-state index in [4.69, 9.17) is 16.6 Å². The van der Waals surface area contributed by atoms with Crippen LogP contribution in [0.25, 0.3) is 0 Å². The average Bonchev–Trinajstić information content (AvgIpc) is 2.90. The minimum absolute atomic E-state index is 0.226. The van der Waals surface area contributed by atoms with E-state index < -0.39 is 5.41 Å². The van der Waals surface area contributed by atoms with E-state index in [2.05, 4.69) is 0 Å². The number of carbonyl (C=O) groups excluding carboxylic acids is 2. The zero-order chi connectivity index (χ0) is 22.3. The molecular weight excluding hydrogens is 412 g/mol. The van der Waals surface area contributed by atoms with Crippen molar-refractivity contribution < 1.29 is 9.59 Å². The molecule has 4 rings (SSSR count). The van der Waals surface area contributed by atoms with Crippen LogP contribution in [0.2, 0.25) is 5.02 Å². The van der Waals surface area contributed by atoms with Crippen molar-refractivity contribution in [2.45, 2.75) is 13.8 Å². The van der Waals surface area contributed by atoms with E-state index in [-0.39, 0.29) is 11.8 Å². The third-order valence-electron chi connectivity index (χ3n) is 5.61. The minimum atomic E-state index is -1.20. The second-order valence-electron chi connectivity index (χ2n) is 8.52. The number of carbonyl (C=O) groups is 2. The average molecular weight is 437 g/mol. The maximum Gasteiger partial charge on any atom is 0.247 e. The molecule has 0 radical (unpaired) electrons. The van der Waals surface area contributed by atoms with Gasteiger partial charge in [0, 0.05) is 29.2 Å². The second kappa shape index (κ2) is 7.94. The number of hydrogen-bond donors (Lipinski definition) is 0. The van der Waals surface area contributed by atoms with Crippen LogP contribution in [0.1, 0.15) is 25.0 Å². The van der Waals surface area contributed by atoms with Crippen LogP contribution in [0.3, 0.4) is 0 Å². The number of halogens is 1. The van der Waals surface area contributed by atoms with E-state index in [1.165, 1.54) is 0 Å². The fourth-order valence-electron chi connectivity index (χ4n) is 3.82. The Bertz CT molecular complexity index is 1110. The topological polar surface area (TPSA) is 56.2 Å². The SMILES string of the molecule is CN(C)CCN1C(=O)C(C)(C)C(=O)N2C1=CN=C(c1ccccc1)c1cc(Cl)ccc12. The highest BCUT2D eigenvalue weighted by Gasteiger charge is 2.50. The van der Waals surface area contributed by atoms with Crippen LogP contribution in [0.15, 0.2) is 65.5 Å². The lowest BCUT2D eigenvalue weighted by molar-refractivity contribution is -0.149. The van der Waals surface area contributed by atoms with E-state index in [0.717, 1.165) is 11.1 Å². The Morgan fingerprint density at radius 3 is 2.42 bits per heavy atom. The van der Waals surface area contributed by atoms with Gasteiger partial charge in [-0.3, -0.25) is 24.4 Å². The van der Waals surface area contributed by atoms with Crippen LogP contribution < -0.4 is 4.90 Å². The molecule has 160 valence electrons. The molecule has 31 heavy (non-hydrogen) atoms. The molecule has 7 heteroatoms. The highest BCUT2D eigenvalue weighted by molar-refractivity contribution is 6.32. The van der Waals surface area contributed by atoms with Crippen LogP contribution in [-0.2, 0) is 9.59 Å². The van der Waals surface area contributed by atoms with Gasteiger partial charge < -0.3 is 4.90 Å². The molecule has 0 aliphatic carbocycles. The van der Waals surface area contributed by atoms with Crippen LogP contribution in [-0.4, -0.2) is 54.5 Å². The van der Waals surface area contributed by atoms with E-state index >= 15 is 0 Å². The van der Waals surface area contributed by atoms with Crippen molar-refractivity contribution in [3.05, 3.63) is 76.7 Å². The molecule has 0 unspecified atom stereocenters. The zero-order valence-electron chi connectivity index (χ0n) is 18.1. The molecule has 2 amide bonds. The first-order chi connectivity index (χ1) is 14.7. The molecular formula is C24H25ClN4O2. The van der Waals surface area contributed by atoms with Crippen LogP contribution in [0, 0.1) is 5.41 Å². The maximum absolute atomic E-state index is 13.6. The monoisotopic (exact) mass is 436 g/mol. The molecule has 0 N–H and O–H groups in total. The molecule has 1 saturated heterocycles. The van der Waals surface area contributed by atoms with Crippen LogP contribution >= 0.6 is 11.6 Å². The van der Waals surface area contributed by atoms with E-state index in [9.17, 15) is 9.59 Å². The van der Waals surface area contributed by atoms with Gasteiger partial charge in [-0.05, 0) is 46.1 Å². The fraction of sp³-hybridized carbons (Fsp3) is 0.292. The molecule has 0 spiro atoms. The zero-order valence-corrected chi connectivity index (χ0v) is 18.8. The van der Waals surface area contributed by atoms with E-state index in [1.807, 2.05) is 61.5 Å². The number of hydrogen-bond acceptors (Lipinski definition) is 4. The van der Waals surface area contributed by atoms with Crippen molar-refractivity contribution in [3.8, 4) is 0 Å². The normalized spacial score (nSPS) is 17.7. The summed E-state index contributed by atoms with van der Waals surface area (Å²) in [6.07, 6.45) is 1.62. The molecule has 1 fully saturated rings. The van der Waals surface area contributed by atoms with E-state index in [0.29, 0.717) is 35.3 Å². The first kappa shape index (κ1) is 21.3. The van der Waals surface area contributed by atoms with Gasteiger partial charge in [-0.15, -0.1) is 0 Å². The number of anilines is 1. The Morgan fingerprint density at radius 1 is 1.03 bits per heavy atom. The van der Waals surface area contributed by atoms with Crippen LogP contribution in [0.4, 0.5) is 5.69 Å². The Morgan fingerprint density at radius 2 is 1.74 bits per heavy atom. The summed E-state index contributed by atoms with van der Waals surface area (Å²) >= 11 is 6.34. The number of rotatable bonds is 4. The minimum Gasteiger partial charge on any atom is -0.308 e. The molecule has 6 nitrogen and oxygen atoms in total. The predicted octanol–water partition coefficient (Wildman–Crippen LogP) is 3.75. The third-order valence-corrected chi connectivity index (χ3v) is 5.84. The smallest absolute Gasteiger partial charge is 0.247 e. The lowest BCUT2D eigenvalue weighted by atomic mass is 9.86. The summed E-state index contributed by atoms with van der Waals surface area (Å²) < 4.78 is 0. The van der Waals surface area contributed by atoms with Gasteiger partial charge in [0.15, 0.2) is 0 Å². The predicted molar refractivity (Wildman–Crippen MR) is 123 cm³/mol. The standard InChI is InChI=1S/C24H25ClN4O2/c1-24(2)22(30)28(13-12-27(3)4)20-15-26-21(16-8-6-5-7-9-16)18-14-17(25)10-11-19(18)29(20)23(24)31/h5-11,14-15H,12-13H2,1-4H3. The molecule has 2 aliphatic heterocycles. The van der Waals surface area contributed by atoms with Crippen molar-refractivity contribution >= 4 is 34.8 Å². The molecule has 0 saturated carbocycles. The maximum atomic E-state index is 13.6. The summed E-state index contributed by atoms with van der Waals surface area (Å²) in [7, 11) is 3.90. The quantitative estimate of drug-likeness (QED) is 0.686. The summed E-state index contributed by atoms with van der Waals surface area (Å²) in [5.41, 5.74) is 1.82. The number of fused-ring (bicyclic) bond motifs is 3. The van der Waals surface area contributed by atoms with Gasteiger partial charge in [0.05, 0.1) is 17.6 Å². The molecule has 2 aromatic carbocycles. The summed E-state index contributed by atoms with van der Waals surface area (Å²) in [5, 5.41) is 0.551. The van der Waals surface area contributed by atoms with Gasteiger partial charge in [0.2, 0.25) is 11.8 Å². The number of aliphatic imine (C=N–C) groups is 1. The Balaban J connectivity index is 1.94. The molecule has 0 bridgehead atoms. The Labute approximate surface area is 187 Å². The Hall–Kier alpha value is -2.96. The highest BCUT2D eigenvalue weighted by Crippen LogP contribution is 2.40. The number of benzene rings is 2. The molecule has 0 atom stereocenters. The van der Waals surface area contributed by atoms with Crippen molar-refractivity contribution in [1.29, 1.82) is 0 Å². The van der Waals surface area contributed by atoms with Crippen molar-refractivity contribution in [1.82, 2.24) is 9.80 Å². The Kier molecular flexibility index (Phi) is 5.45. The van der Waals surface area contributed by atoms with Gasteiger partial charge in [0.1, 0.15) is 11.2 Å². The molecule has 2 aliphatic rings. The summed E-state index contributed by atoms with van der Waals surface area (Å²) in [4.78, 5) is 36.9. The third kappa shape index (κ3) is 3.66. The van der Waals surface area contributed by atoms with Gasteiger partial charge in [0.25, 0.3) is 0 Å². The summed E-state index contributed by atoms with van der Waals surface area (Å²) in [5.74, 6) is -0.0423. The molecule has 2 heterocycles. The van der Waals surface area contributed by atoms with E-state index in [1.54, 1.807) is 35.9 Å². The molecule has 2 aromatic rings. The first-order valence-electron chi connectivity index (χ1n) is 10.2. The number of nitrogens with zero attached hydrogens (tertiary/aromatic N) is 4. The first-order valence-corrected chi connectivity index (χ1v) is 10.5. The summed E-state index contributed by atoms with van der Waals surface area (Å²) in [6.45, 7) is 4.46. The highest BCUT2D eigenvalue weighted by atomic mass is 35.5. The molecule has 0 aromatic heterocycles. The number of amides is 2. The van der Waals surface area contributed by atoms with Gasteiger partial charge in [-0.25, -0.2) is 0 Å². The number of likely N-dealkylation sites (N-methyl/N-ethyl adjacent to an activating group) is 1. The second-order valence-corrected chi connectivity index (χ2v) is 8.95. The summed E-state index contributed by atoms with van der Waals surface area (Å²) in [6, 6.07) is 15.1. The van der Waals surface area contributed by atoms with Gasteiger partial charge in [-0.2, -0.15) is 0 Å². The van der Waals surface area contributed by atoms with Crippen molar-refractivity contribution in [2.24, 2.45) is 10.4 Å². The largest absolute Gasteiger partial charge is 0.308 e. The lowest BCUT2D eigenvalue weighted by Crippen LogP contribution is -2.60. The van der Waals surface area contributed by atoms with Crippen molar-refractivity contribution in [2.75, 3.05) is 32.1 Å². The van der Waals surface area contributed by atoms with Gasteiger partial charge >= 0.3 is 0 Å². The van der Waals surface area contributed by atoms with Gasteiger partial charge in [-0.1, -0.05) is 41.9 Å².